The van der Waals surface area contributed by atoms with Crippen molar-refractivity contribution in [2.45, 2.75) is 32.4 Å². The molecule has 0 bridgehead atoms. The first-order valence-corrected chi connectivity index (χ1v) is 9.84. The van der Waals surface area contributed by atoms with Crippen LogP contribution in [0.1, 0.15) is 36.1 Å². The number of aliphatic hydroxyl groups is 1. The monoisotopic (exact) mass is 371 g/mol. The zero-order chi connectivity index (χ0) is 17.9. The Labute approximate surface area is 160 Å². The number of hydrogen-bond donors (Lipinski definition) is 2. The molecule has 4 nitrogen and oxygen atoms in total. The Kier molecular flexibility index (Phi) is 5.34. The molecule has 138 valence electrons. The number of aromatic nitrogens is 1. The average Bonchev–Trinajstić information content (AvgIpc) is 3.03. The van der Waals surface area contributed by atoms with Crippen molar-refractivity contribution < 1.29 is 5.11 Å². The maximum atomic E-state index is 9.14. The second-order valence-electron chi connectivity index (χ2n) is 7.31. The number of rotatable bonds is 5. The third kappa shape index (κ3) is 3.68. The van der Waals surface area contributed by atoms with E-state index in [4.69, 9.17) is 16.7 Å². The van der Waals surface area contributed by atoms with Crippen molar-refractivity contribution in [1.29, 1.82) is 0 Å². The fourth-order valence-electron chi connectivity index (χ4n) is 4.11. The van der Waals surface area contributed by atoms with E-state index in [1.165, 1.54) is 29.7 Å². The van der Waals surface area contributed by atoms with Crippen LogP contribution in [0.3, 0.4) is 0 Å². The van der Waals surface area contributed by atoms with E-state index in [1.807, 2.05) is 18.3 Å². The molecule has 2 aromatic rings. The number of benzene rings is 1. The van der Waals surface area contributed by atoms with Gasteiger partial charge in [0.05, 0.1) is 6.54 Å². The summed E-state index contributed by atoms with van der Waals surface area (Å²) < 4.78 is 2.29. The van der Waals surface area contributed by atoms with Crippen LogP contribution in [0, 0.1) is 5.92 Å². The summed E-state index contributed by atoms with van der Waals surface area (Å²) in [5.74, 6) is 0.688. The van der Waals surface area contributed by atoms with Crippen molar-refractivity contribution in [3.05, 3.63) is 58.5 Å². The average molecular weight is 372 g/mol. The highest BCUT2D eigenvalue weighted by Crippen LogP contribution is 2.29. The summed E-state index contributed by atoms with van der Waals surface area (Å²) in [5, 5.41) is 13.2. The molecule has 4 rings (SSSR count). The maximum absolute atomic E-state index is 9.14. The third-order valence-corrected chi connectivity index (χ3v) is 5.87. The Bertz CT molecular complexity index is 773. The zero-order valence-electron chi connectivity index (χ0n) is 15.0. The van der Waals surface area contributed by atoms with E-state index in [0.717, 1.165) is 43.3 Å². The molecule has 0 spiro atoms. The zero-order valence-corrected chi connectivity index (χ0v) is 15.8. The third-order valence-electron chi connectivity index (χ3n) is 5.61. The Balaban J connectivity index is 1.55. The highest BCUT2D eigenvalue weighted by molar-refractivity contribution is 6.30. The number of hydrogen-bond acceptors (Lipinski definition) is 3. The van der Waals surface area contributed by atoms with E-state index in [2.05, 4.69) is 39.2 Å². The second-order valence-corrected chi connectivity index (χ2v) is 7.74. The molecule has 0 aliphatic carbocycles. The van der Waals surface area contributed by atoms with Crippen LogP contribution in [0.15, 0.2) is 36.7 Å². The Hall–Kier alpha value is -1.75. The predicted molar refractivity (Wildman–Crippen MR) is 106 cm³/mol. The molecule has 3 heterocycles. The Morgan fingerprint density at radius 3 is 2.65 bits per heavy atom. The van der Waals surface area contributed by atoms with Gasteiger partial charge in [0, 0.05) is 41.3 Å². The van der Waals surface area contributed by atoms with Gasteiger partial charge >= 0.3 is 0 Å². The molecule has 2 aliphatic rings. The first-order valence-electron chi connectivity index (χ1n) is 9.47. The van der Waals surface area contributed by atoms with Gasteiger partial charge in [-0.25, -0.2) is 0 Å². The van der Waals surface area contributed by atoms with Crippen molar-refractivity contribution >= 4 is 17.7 Å². The molecular weight excluding hydrogens is 346 g/mol. The lowest BCUT2D eigenvalue weighted by Crippen LogP contribution is -2.33. The molecule has 1 fully saturated rings. The van der Waals surface area contributed by atoms with Gasteiger partial charge in [-0.1, -0.05) is 11.6 Å². The number of nitrogens with zero attached hydrogens (tertiary/aromatic N) is 2. The predicted octanol–water partition coefficient (Wildman–Crippen LogP) is 3.80. The topological polar surface area (TPSA) is 40.4 Å². The summed E-state index contributed by atoms with van der Waals surface area (Å²) in [6.07, 6.45) is 9.86. The Morgan fingerprint density at radius 2 is 1.92 bits per heavy atom. The second kappa shape index (κ2) is 7.87. The Morgan fingerprint density at radius 1 is 1.15 bits per heavy atom. The van der Waals surface area contributed by atoms with E-state index >= 15 is 0 Å². The van der Waals surface area contributed by atoms with Crippen molar-refractivity contribution in [2.24, 2.45) is 5.92 Å². The molecule has 26 heavy (non-hydrogen) atoms. The molecule has 2 N–H and O–H groups in total. The first-order chi connectivity index (χ1) is 12.7. The van der Waals surface area contributed by atoms with Gasteiger partial charge in [0.25, 0.3) is 0 Å². The van der Waals surface area contributed by atoms with Crippen LogP contribution in [-0.4, -0.2) is 34.3 Å². The molecule has 2 aliphatic heterocycles. The van der Waals surface area contributed by atoms with Crippen molar-refractivity contribution in [3.8, 4) is 5.69 Å². The molecule has 1 aromatic carbocycles. The summed E-state index contributed by atoms with van der Waals surface area (Å²) >= 11 is 6.06. The fourth-order valence-corrected chi connectivity index (χ4v) is 4.24. The fraction of sp³-hybridized carbons (Fsp3) is 0.429. The highest BCUT2D eigenvalue weighted by Gasteiger charge is 2.22. The number of piperidine rings is 1. The molecule has 1 aromatic heterocycles. The largest absolute Gasteiger partial charge is 0.396 e. The number of nitrogens with one attached hydrogen (secondary N) is 1. The van der Waals surface area contributed by atoms with Gasteiger partial charge in [0.2, 0.25) is 0 Å². The lowest BCUT2D eigenvalue weighted by molar-refractivity contribution is 0.153. The molecule has 5 heteroatoms. The van der Waals surface area contributed by atoms with E-state index < -0.39 is 0 Å². The molecule has 0 saturated carbocycles. The van der Waals surface area contributed by atoms with Crippen LogP contribution in [0.5, 0.6) is 0 Å². The molecule has 0 unspecified atom stereocenters. The summed E-state index contributed by atoms with van der Waals surface area (Å²) in [6, 6.07) is 8.04. The summed E-state index contributed by atoms with van der Waals surface area (Å²) in [4.78, 5) is 2.55. The lowest BCUT2D eigenvalue weighted by Gasteiger charge is -2.31. The lowest BCUT2D eigenvalue weighted by atomic mass is 9.93. The van der Waals surface area contributed by atoms with E-state index in [-0.39, 0.29) is 0 Å². The van der Waals surface area contributed by atoms with Gasteiger partial charge in [-0.15, -0.1) is 0 Å². The van der Waals surface area contributed by atoms with Crippen LogP contribution in [0.2, 0.25) is 5.02 Å². The van der Waals surface area contributed by atoms with E-state index in [9.17, 15) is 0 Å². The molecule has 0 amide bonds. The molecule has 0 radical (unpaired) electrons. The summed E-state index contributed by atoms with van der Waals surface area (Å²) in [7, 11) is 0. The van der Waals surface area contributed by atoms with E-state index in [0.29, 0.717) is 12.5 Å². The normalized spacial score (nSPS) is 17.9. The van der Waals surface area contributed by atoms with Crippen molar-refractivity contribution in [1.82, 2.24) is 14.8 Å². The van der Waals surface area contributed by atoms with Crippen molar-refractivity contribution in [3.63, 3.8) is 0 Å². The summed E-state index contributed by atoms with van der Waals surface area (Å²) in [5.41, 5.74) is 5.18. The number of halogens is 1. The molecular formula is C21H26ClN3O. The van der Waals surface area contributed by atoms with Crippen molar-refractivity contribution in [2.75, 3.05) is 19.7 Å². The smallest absolute Gasteiger partial charge is 0.0557 e. The van der Waals surface area contributed by atoms with E-state index in [1.54, 1.807) is 0 Å². The SMILES string of the molecule is OCCC1CCN(Cc2cn(-c3ccc(Cl)cc3)c3c2C=CNC3)CC1. The number of likely N-dealkylation sites (tertiary alicyclic amines) is 1. The van der Waals surface area contributed by atoms with Crippen LogP contribution in [0.4, 0.5) is 0 Å². The van der Waals surface area contributed by atoms with Crippen LogP contribution >= 0.6 is 11.6 Å². The van der Waals surface area contributed by atoms with Gasteiger partial charge in [-0.2, -0.15) is 0 Å². The highest BCUT2D eigenvalue weighted by atomic mass is 35.5. The minimum absolute atomic E-state index is 0.319. The van der Waals surface area contributed by atoms with Crippen LogP contribution in [0.25, 0.3) is 11.8 Å². The van der Waals surface area contributed by atoms with Crippen LogP contribution < -0.4 is 5.32 Å². The summed E-state index contributed by atoms with van der Waals surface area (Å²) in [6.45, 7) is 4.38. The number of fused-ring (bicyclic) bond motifs is 1. The van der Waals surface area contributed by atoms with Gasteiger partial charge in [-0.3, -0.25) is 4.90 Å². The minimum atomic E-state index is 0.319. The van der Waals surface area contributed by atoms with Gasteiger partial charge in [0.15, 0.2) is 0 Å². The van der Waals surface area contributed by atoms with Gasteiger partial charge < -0.3 is 15.0 Å². The van der Waals surface area contributed by atoms with Crippen LogP contribution in [-0.2, 0) is 13.1 Å². The maximum Gasteiger partial charge on any atom is 0.0557 e. The van der Waals surface area contributed by atoms with Gasteiger partial charge in [0.1, 0.15) is 0 Å². The van der Waals surface area contributed by atoms with Gasteiger partial charge in [-0.05, 0) is 80.4 Å². The molecule has 0 atom stereocenters. The molecule has 1 saturated heterocycles. The standard InChI is InChI=1S/C21H26ClN3O/c22-18-1-3-19(4-2-18)25-15-17(20-5-9-23-13-21(20)25)14-24-10-6-16(7-11-24)8-12-26/h1-5,9,15-16,23,26H,6-8,10-14H2. The first kappa shape index (κ1) is 17.7. The number of aliphatic hydroxyl groups excluding tert-OH is 1. The minimum Gasteiger partial charge on any atom is -0.396 e. The quantitative estimate of drug-likeness (QED) is 0.839.